The van der Waals surface area contributed by atoms with E-state index in [2.05, 4.69) is 10.6 Å². The van der Waals surface area contributed by atoms with Gasteiger partial charge in [-0.25, -0.2) is 4.79 Å². The van der Waals surface area contributed by atoms with E-state index in [1.807, 2.05) is 30.3 Å². The Morgan fingerprint density at radius 1 is 1.36 bits per heavy atom. The van der Waals surface area contributed by atoms with E-state index in [0.717, 1.165) is 5.56 Å². The van der Waals surface area contributed by atoms with E-state index in [1.165, 1.54) is 7.11 Å². The molecular weight excluding hydrogens is 284 g/mol. The SMILES string of the molecule is COC(=O)[C@H](CCc1ccccc1)NC(=O)[C@H]1CCC(=O)N1. The van der Waals surface area contributed by atoms with Crippen molar-refractivity contribution in [1.82, 2.24) is 10.6 Å². The summed E-state index contributed by atoms with van der Waals surface area (Å²) in [7, 11) is 1.29. The van der Waals surface area contributed by atoms with Crippen LogP contribution in [0.2, 0.25) is 0 Å². The van der Waals surface area contributed by atoms with Gasteiger partial charge in [0.2, 0.25) is 11.8 Å². The second-order valence-electron chi connectivity index (χ2n) is 5.27. The van der Waals surface area contributed by atoms with Gasteiger partial charge in [0.15, 0.2) is 0 Å². The maximum Gasteiger partial charge on any atom is 0.328 e. The highest BCUT2D eigenvalue weighted by Gasteiger charge is 2.30. The normalized spacial score (nSPS) is 18.4. The van der Waals surface area contributed by atoms with Crippen LogP contribution >= 0.6 is 0 Å². The largest absolute Gasteiger partial charge is 0.467 e. The molecule has 1 aromatic carbocycles. The van der Waals surface area contributed by atoms with Gasteiger partial charge in [0.1, 0.15) is 12.1 Å². The molecule has 2 N–H and O–H groups in total. The molecule has 0 bridgehead atoms. The molecule has 1 aliphatic heterocycles. The van der Waals surface area contributed by atoms with Crippen LogP contribution in [0.4, 0.5) is 0 Å². The summed E-state index contributed by atoms with van der Waals surface area (Å²) in [5, 5.41) is 5.26. The first-order chi connectivity index (χ1) is 10.6. The molecule has 1 fully saturated rings. The number of carbonyl (C=O) groups is 3. The van der Waals surface area contributed by atoms with Crippen LogP contribution in [0.25, 0.3) is 0 Å². The Kier molecular flexibility index (Phi) is 5.52. The molecule has 0 spiro atoms. The van der Waals surface area contributed by atoms with Gasteiger partial charge in [-0.1, -0.05) is 30.3 Å². The van der Waals surface area contributed by atoms with Crippen LogP contribution in [0.15, 0.2) is 30.3 Å². The smallest absolute Gasteiger partial charge is 0.328 e. The average Bonchev–Trinajstić information content (AvgIpc) is 2.98. The summed E-state index contributed by atoms with van der Waals surface area (Å²) in [4.78, 5) is 35.1. The number of carbonyl (C=O) groups excluding carboxylic acids is 3. The van der Waals surface area contributed by atoms with Crippen molar-refractivity contribution in [2.24, 2.45) is 0 Å². The lowest BCUT2D eigenvalue weighted by Crippen LogP contribution is -2.49. The fourth-order valence-corrected chi connectivity index (χ4v) is 2.43. The average molecular weight is 304 g/mol. The van der Waals surface area contributed by atoms with E-state index < -0.39 is 18.1 Å². The third-order valence-corrected chi connectivity index (χ3v) is 3.68. The number of rotatable bonds is 6. The lowest BCUT2D eigenvalue weighted by molar-refractivity contribution is -0.145. The summed E-state index contributed by atoms with van der Waals surface area (Å²) in [5.74, 6) is -0.957. The number of esters is 1. The lowest BCUT2D eigenvalue weighted by atomic mass is 10.0. The fraction of sp³-hybridized carbons (Fsp3) is 0.438. The highest BCUT2D eigenvalue weighted by Crippen LogP contribution is 2.09. The Morgan fingerprint density at radius 3 is 2.68 bits per heavy atom. The van der Waals surface area contributed by atoms with E-state index in [1.54, 1.807) is 0 Å². The van der Waals surface area contributed by atoms with Crippen molar-refractivity contribution in [3.63, 3.8) is 0 Å². The zero-order chi connectivity index (χ0) is 15.9. The van der Waals surface area contributed by atoms with E-state index in [9.17, 15) is 14.4 Å². The van der Waals surface area contributed by atoms with Crippen LogP contribution in [0.1, 0.15) is 24.8 Å². The van der Waals surface area contributed by atoms with Gasteiger partial charge >= 0.3 is 5.97 Å². The Morgan fingerprint density at radius 2 is 2.09 bits per heavy atom. The van der Waals surface area contributed by atoms with Crippen LogP contribution in [-0.2, 0) is 25.5 Å². The van der Waals surface area contributed by atoms with Crippen molar-refractivity contribution in [3.8, 4) is 0 Å². The molecule has 0 aliphatic carbocycles. The fourth-order valence-electron chi connectivity index (χ4n) is 2.43. The molecular formula is C16H20N2O4. The molecule has 0 saturated carbocycles. The molecule has 2 rings (SSSR count). The molecule has 0 unspecified atom stereocenters. The van der Waals surface area contributed by atoms with Crippen molar-refractivity contribution in [1.29, 1.82) is 0 Å². The van der Waals surface area contributed by atoms with Crippen LogP contribution in [-0.4, -0.2) is 37.0 Å². The molecule has 118 valence electrons. The predicted octanol–water partition coefficient (Wildman–Crippen LogP) is 0.556. The molecule has 1 aromatic rings. The molecule has 1 saturated heterocycles. The van der Waals surface area contributed by atoms with Crippen molar-refractivity contribution < 1.29 is 19.1 Å². The molecule has 2 amide bonds. The Labute approximate surface area is 129 Å². The maximum absolute atomic E-state index is 12.1. The predicted molar refractivity (Wildman–Crippen MR) is 79.9 cm³/mol. The highest BCUT2D eigenvalue weighted by atomic mass is 16.5. The Balaban J connectivity index is 1.92. The van der Waals surface area contributed by atoms with Gasteiger partial charge in [-0.15, -0.1) is 0 Å². The van der Waals surface area contributed by atoms with Gasteiger partial charge in [0.25, 0.3) is 0 Å². The van der Waals surface area contributed by atoms with E-state index in [4.69, 9.17) is 4.74 Å². The number of hydrogen-bond donors (Lipinski definition) is 2. The number of aryl methyl sites for hydroxylation is 1. The van der Waals surface area contributed by atoms with Gasteiger partial charge < -0.3 is 15.4 Å². The zero-order valence-electron chi connectivity index (χ0n) is 12.5. The van der Waals surface area contributed by atoms with Gasteiger partial charge in [-0.05, 0) is 24.8 Å². The van der Waals surface area contributed by atoms with Crippen molar-refractivity contribution in [2.45, 2.75) is 37.8 Å². The van der Waals surface area contributed by atoms with Crippen molar-refractivity contribution >= 4 is 17.8 Å². The minimum Gasteiger partial charge on any atom is -0.467 e. The molecule has 6 nitrogen and oxygen atoms in total. The highest BCUT2D eigenvalue weighted by molar-refractivity contribution is 5.93. The Bertz CT molecular complexity index is 544. The number of benzene rings is 1. The summed E-state index contributed by atoms with van der Waals surface area (Å²) >= 11 is 0. The molecule has 6 heteroatoms. The first-order valence-corrected chi connectivity index (χ1v) is 7.31. The van der Waals surface area contributed by atoms with Gasteiger partial charge in [-0.3, -0.25) is 9.59 Å². The summed E-state index contributed by atoms with van der Waals surface area (Å²) in [6, 6.07) is 8.43. The summed E-state index contributed by atoms with van der Waals surface area (Å²) in [5.41, 5.74) is 1.08. The minimum atomic E-state index is -0.713. The molecule has 1 heterocycles. The third kappa shape index (κ3) is 4.31. The second kappa shape index (κ2) is 7.59. The first-order valence-electron chi connectivity index (χ1n) is 7.31. The van der Waals surface area contributed by atoms with Crippen LogP contribution in [0, 0.1) is 0 Å². The number of amides is 2. The van der Waals surface area contributed by atoms with Crippen LogP contribution in [0.3, 0.4) is 0 Å². The monoisotopic (exact) mass is 304 g/mol. The van der Waals surface area contributed by atoms with Gasteiger partial charge in [-0.2, -0.15) is 0 Å². The van der Waals surface area contributed by atoms with E-state index in [-0.39, 0.29) is 11.8 Å². The number of methoxy groups -OCH3 is 1. The van der Waals surface area contributed by atoms with Crippen LogP contribution in [0.5, 0.6) is 0 Å². The number of hydrogen-bond acceptors (Lipinski definition) is 4. The molecule has 22 heavy (non-hydrogen) atoms. The van der Waals surface area contributed by atoms with Crippen molar-refractivity contribution in [2.75, 3.05) is 7.11 Å². The molecule has 0 aromatic heterocycles. The lowest BCUT2D eigenvalue weighted by Gasteiger charge is -2.19. The molecule has 0 radical (unpaired) electrons. The Hall–Kier alpha value is -2.37. The van der Waals surface area contributed by atoms with Crippen LogP contribution < -0.4 is 10.6 Å². The zero-order valence-corrected chi connectivity index (χ0v) is 12.5. The summed E-state index contributed by atoms with van der Waals surface area (Å²) in [6.45, 7) is 0. The van der Waals surface area contributed by atoms with E-state index >= 15 is 0 Å². The number of ether oxygens (including phenoxy) is 1. The standard InChI is InChI=1S/C16H20N2O4/c1-22-16(21)13(8-7-11-5-3-2-4-6-11)18-15(20)12-9-10-14(19)17-12/h2-6,12-13H,7-10H2,1H3,(H,17,19)(H,18,20)/t12-,13+/m1/s1. The van der Waals surface area contributed by atoms with E-state index in [0.29, 0.717) is 25.7 Å². The second-order valence-corrected chi connectivity index (χ2v) is 5.27. The van der Waals surface area contributed by atoms with Gasteiger partial charge in [0.05, 0.1) is 7.11 Å². The maximum atomic E-state index is 12.1. The quantitative estimate of drug-likeness (QED) is 0.752. The number of nitrogens with one attached hydrogen (secondary N) is 2. The topological polar surface area (TPSA) is 84.5 Å². The molecule has 2 atom stereocenters. The molecule has 1 aliphatic rings. The summed E-state index contributed by atoms with van der Waals surface area (Å²) < 4.78 is 4.74. The first kappa shape index (κ1) is 16.0. The van der Waals surface area contributed by atoms with Gasteiger partial charge in [0, 0.05) is 6.42 Å². The van der Waals surface area contributed by atoms with Crippen molar-refractivity contribution in [3.05, 3.63) is 35.9 Å². The third-order valence-electron chi connectivity index (χ3n) is 3.68. The minimum absolute atomic E-state index is 0.140. The summed E-state index contributed by atoms with van der Waals surface area (Å²) in [6.07, 6.45) is 1.89.